The smallest absolute Gasteiger partial charge is 0.0165 e. The van der Waals surface area contributed by atoms with E-state index in [9.17, 15) is 0 Å². The number of nitrogens with zero attached hydrogens (tertiary/aromatic N) is 1. The number of allylic oxidation sites excluding steroid dienone is 1. The van der Waals surface area contributed by atoms with Gasteiger partial charge in [0.25, 0.3) is 0 Å². The van der Waals surface area contributed by atoms with Crippen molar-refractivity contribution >= 4 is 12.4 Å². The first-order valence-corrected chi connectivity index (χ1v) is 7.67. The Bertz CT molecular complexity index is 476. The lowest BCUT2D eigenvalue weighted by Crippen LogP contribution is -2.41. The summed E-state index contributed by atoms with van der Waals surface area (Å²) in [5.74, 6) is 1.71. The quantitative estimate of drug-likeness (QED) is 0.729. The van der Waals surface area contributed by atoms with Crippen LogP contribution >= 0.6 is 12.4 Å². The lowest BCUT2D eigenvalue weighted by Gasteiger charge is -2.42. The van der Waals surface area contributed by atoms with Crippen molar-refractivity contribution in [2.24, 2.45) is 5.92 Å². The highest BCUT2D eigenvalue weighted by Gasteiger charge is 2.33. The third-order valence-electron chi connectivity index (χ3n) is 4.81. The van der Waals surface area contributed by atoms with E-state index in [0.29, 0.717) is 0 Å². The van der Waals surface area contributed by atoms with Crippen LogP contribution in [0.5, 0.6) is 0 Å². The highest BCUT2D eigenvalue weighted by molar-refractivity contribution is 5.85. The SMILES string of the molecule is CC(C)=CCN1CC[C@H]2c3ccccc3CC[C@H]2C1.Cl. The van der Waals surface area contributed by atoms with Crippen LogP contribution in [0.25, 0.3) is 0 Å². The summed E-state index contributed by atoms with van der Waals surface area (Å²) >= 11 is 0. The van der Waals surface area contributed by atoms with Gasteiger partial charge in [0, 0.05) is 13.1 Å². The summed E-state index contributed by atoms with van der Waals surface area (Å²) in [6.07, 6.45) is 6.39. The fourth-order valence-corrected chi connectivity index (χ4v) is 3.75. The van der Waals surface area contributed by atoms with Crippen LogP contribution in [0.3, 0.4) is 0 Å². The molecular formula is C18H26ClN. The fourth-order valence-electron chi connectivity index (χ4n) is 3.75. The maximum Gasteiger partial charge on any atom is 0.0165 e. The van der Waals surface area contributed by atoms with Gasteiger partial charge in [0.2, 0.25) is 0 Å². The van der Waals surface area contributed by atoms with Gasteiger partial charge in [-0.25, -0.2) is 0 Å². The molecule has 1 aromatic rings. The summed E-state index contributed by atoms with van der Waals surface area (Å²) in [5.41, 5.74) is 4.71. The standard InChI is InChI=1S/C18H25N.ClH/c1-14(2)9-11-19-12-10-18-16(13-19)8-7-15-5-3-4-6-17(15)18;/h3-6,9,16,18H,7-8,10-13H2,1-2H3;1H/t16-,18+;/m0./s1. The summed E-state index contributed by atoms with van der Waals surface area (Å²) in [7, 11) is 0. The largest absolute Gasteiger partial charge is 0.299 e. The van der Waals surface area contributed by atoms with E-state index < -0.39 is 0 Å². The molecular weight excluding hydrogens is 266 g/mol. The molecule has 1 saturated heterocycles. The highest BCUT2D eigenvalue weighted by atomic mass is 35.5. The molecule has 2 heteroatoms. The van der Waals surface area contributed by atoms with Gasteiger partial charge in [-0.15, -0.1) is 12.4 Å². The van der Waals surface area contributed by atoms with Crippen molar-refractivity contribution < 1.29 is 0 Å². The lowest BCUT2D eigenvalue weighted by molar-refractivity contribution is 0.154. The van der Waals surface area contributed by atoms with Crippen LogP contribution in [0, 0.1) is 5.92 Å². The minimum absolute atomic E-state index is 0. The molecule has 1 aliphatic heterocycles. The average Bonchev–Trinajstić information content (AvgIpc) is 2.44. The van der Waals surface area contributed by atoms with Crippen LogP contribution in [-0.4, -0.2) is 24.5 Å². The fraction of sp³-hybridized carbons (Fsp3) is 0.556. The summed E-state index contributed by atoms with van der Waals surface area (Å²) in [5, 5.41) is 0. The van der Waals surface area contributed by atoms with Crippen molar-refractivity contribution in [2.45, 2.75) is 39.0 Å². The molecule has 2 atom stereocenters. The summed E-state index contributed by atoms with van der Waals surface area (Å²) in [6.45, 7) is 8.10. The van der Waals surface area contributed by atoms with Crippen molar-refractivity contribution in [3.63, 3.8) is 0 Å². The Kier molecular flexibility index (Phi) is 5.29. The van der Waals surface area contributed by atoms with Crippen molar-refractivity contribution in [1.82, 2.24) is 4.90 Å². The second-order valence-electron chi connectivity index (χ2n) is 6.43. The number of likely N-dealkylation sites (tertiary alicyclic amines) is 1. The second-order valence-corrected chi connectivity index (χ2v) is 6.43. The first-order chi connectivity index (χ1) is 9.24. The van der Waals surface area contributed by atoms with Crippen LogP contribution in [-0.2, 0) is 6.42 Å². The maximum absolute atomic E-state index is 2.64. The van der Waals surface area contributed by atoms with Gasteiger partial charge in [0.1, 0.15) is 0 Å². The molecule has 0 amide bonds. The number of hydrogen-bond donors (Lipinski definition) is 0. The van der Waals surface area contributed by atoms with Gasteiger partial charge in [-0.1, -0.05) is 35.9 Å². The minimum atomic E-state index is 0. The van der Waals surface area contributed by atoms with E-state index in [2.05, 4.69) is 49.1 Å². The van der Waals surface area contributed by atoms with Crippen molar-refractivity contribution in [3.8, 4) is 0 Å². The molecule has 0 radical (unpaired) electrons. The topological polar surface area (TPSA) is 3.24 Å². The second kappa shape index (κ2) is 6.78. The van der Waals surface area contributed by atoms with E-state index in [1.807, 2.05) is 0 Å². The summed E-state index contributed by atoms with van der Waals surface area (Å²) < 4.78 is 0. The molecule has 0 unspecified atom stereocenters. The van der Waals surface area contributed by atoms with E-state index >= 15 is 0 Å². The number of hydrogen-bond acceptors (Lipinski definition) is 1. The summed E-state index contributed by atoms with van der Waals surface area (Å²) in [4.78, 5) is 2.64. The Hall–Kier alpha value is -0.790. The summed E-state index contributed by atoms with van der Waals surface area (Å²) in [6, 6.07) is 9.12. The van der Waals surface area contributed by atoms with Gasteiger partial charge in [-0.3, -0.25) is 4.90 Å². The van der Waals surface area contributed by atoms with E-state index in [-0.39, 0.29) is 12.4 Å². The van der Waals surface area contributed by atoms with Crippen LogP contribution in [0.4, 0.5) is 0 Å². The molecule has 1 aromatic carbocycles. The Morgan fingerprint density at radius 1 is 1.25 bits per heavy atom. The van der Waals surface area contributed by atoms with Gasteiger partial charge in [-0.05, 0) is 62.6 Å². The third kappa shape index (κ3) is 3.27. The molecule has 0 aromatic heterocycles. The minimum Gasteiger partial charge on any atom is -0.299 e. The highest BCUT2D eigenvalue weighted by Crippen LogP contribution is 2.41. The third-order valence-corrected chi connectivity index (χ3v) is 4.81. The first kappa shape index (κ1) is 15.6. The monoisotopic (exact) mass is 291 g/mol. The van der Waals surface area contributed by atoms with Crippen LogP contribution < -0.4 is 0 Å². The van der Waals surface area contributed by atoms with Crippen molar-refractivity contribution in [2.75, 3.05) is 19.6 Å². The zero-order chi connectivity index (χ0) is 13.2. The molecule has 0 N–H and O–H groups in total. The van der Waals surface area contributed by atoms with Gasteiger partial charge >= 0.3 is 0 Å². The molecule has 3 rings (SSSR count). The number of benzene rings is 1. The Labute approximate surface area is 129 Å². The molecule has 2 aliphatic rings. The predicted molar refractivity (Wildman–Crippen MR) is 88.7 cm³/mol. The number of rotatable bonds is 2. The number of halogens is 1. The van der Waals surface area contributed by atoms with Crippen LogP contribution in [0.15, 0.2) is 35.9 Å². The van der Waals surface area contributed by atoms with E-state index in [4.69, 9.17) is 0 Å². The maximum atomic E-state index is 2.64. The van der Waals surface area contributed by atoms with Gasteiger partial charge in [0.05, 0.1) is 0 Å². The van der Waals surface area contributed by atoms with Crippen molar-refractivity contribution in [1.29, 1.82) is 0 Å². The Balaban J connectivity index is 0.00000147. The van der Waals surface area contributed by atoms with Crippen LogP contribution in [0.2, 0.25) is 0 Å². The van der Waals surface area contributed by atoms with Crippen molar-refractivity contribution in [3.05, 3.63) is 47.0 Å². The predicted octanol–water partition coefficient (Wildman–Crippen LogP) is 4.43. The zero-order valence-electron chi connectivity index (χ0n) is 12.6. The van der Waals surface area contributed by atoms with Crippen LogP contribution in [0.1, 0.15) is 43.7 Å². The zero-order valence-corrected chi connectivity index (χ0v) is 13.5. The van der Waals surface area contributed by atoms with E-state index in [0.717, 1.165) is 18.4 Å². The normalized spacial score (nSPS) is 25.1. The van der Waals surface area contributed by atoms with Gasteiger partial charge in [0.15, 0.2) is 0 Å². The number of fused-ring (bicyclic) bond motifs is 3. The molecule has 1 nitrogen and oxygen atoms in total. The molecule has 0 saturated carbocycles. The number of piperidine rings is 1. The van der Waals surface area contributed by atoms with E-state index in [1.165, 1.54) is 37.9 Å². The molecule has 1 aliphatic carbocycles. The van der Waals surface area contributed by atoms with Gasteiger partial charge in [-0.2, -0.15) is 0 Å². The molecule has 1 fully saturated rings. The average molecular weight is 292 g/mol. The Morgan fingerprint density at radius 2 is 2.05 bits per heavy atom. The molecule has 20 heavy (non-hydrogen) atoms. The first-order valence-electron chi connectivity index (χ1n) is 7.67. The molecule has 0 spiro atoms. The Morgan fingerprint density at radius 3 is 2.85 bits per heavy atom. The van der Waals surface area contributed by atoms with E-state index in [1.54, 1.807) is 11.1 Å². The molecule has 110 valence electrons. The molecule has 0 bridgehead atoms. The number of aryl methyl sites for hydroxylation is 1. The molecule has 1 heterocycles. The van der Waals surface area contributed by atoms with Gasteiger partial charge < -0.3 is 0 Å². The lowest BCUT2D eigenvalue weighted by atomic mass is 9.71.